The van der Waals surface area contributed by atoms with Crippen molar-refractivity contribution in [2.24, 2.45) is 7.05 Å². The molecule has 2 N–H and O–H groups in total. The summed E-state index contributed by atoms with van der Waals surface area (Å²) in [6.07, 6.45) is 4.53. The van der Waals surface area contributed by atoms with Gasteiger partial charge in [-0.3, -0.25) is 14.6 Å². The zero-order valence-electron chi connectivity index (χ0n) is 16.8. The van der Waals surface area contributed by atoms with Gasteiger partial charge >= 0.3 is 0 Å². The van der Waals surface area contributed by atoms with Gasteiger partial charge in [-0.05, 0) is 30.7 Å². The number of nitrogens with zero attached hydrogens (tertiary/aromatic N) is 5. The molecular weight excluding hydrogens is 384 g/mol. The van der Waals surface area contributed by atoms with Crippen LogP contribution in [0.2, 0.25) is 0 Å². The van der Waals surface area contributed by atoms with E-state index < -0.39 is 0 Å². The summed E-state index contributed by atoms with van der Waals surface area (Å²) in [6, 6.07) is 6.81. The number of hydrogen-bond donors (Lipinski definition) is 1. The van der Waals surface area contributed by atoms with Crippen LogP contribution >= 0.6 is 0 Å². The van der Waals surface area contributed by atoms with Crippen molar-refractivity contribution >= 4 is 11.9 Å². The maximum atomic E-state index is 12.9. The van der Waals surface area contributed by atoms with Crippen molar-refractivity contribution in [3.8, 4) is 11.1 Å². The average molecular weight is 406 g/mol. The van der Waals surface area contributed by atoms with Gasteiger partial charge in [0.05, 0.1) is 24.4 Å². The van der Waals surface area contributed by atoms with E-state index in [4.69, 9.17) is 10.5 Å². The fourth-order valence-corrected chi connectivity index (χ4v) is 3.43. The lowest BCUT2D eigenvalue weighted by atomic mass is 10.1. The number of anilines is 1. The van der Waals surface area contributed by atoms with Gasteiger partial charge < -0.3 is 19.9 Å². The number of carbonyl (C=O) groups is 1. The van der Waals surface area contributed by atoms with Crippen LogP contribution < -0.4 is 11.3 Å². The minimum atomic E-state index is -0.358. The summed E-state index contributed by atoms with van der Waals surface area (Å²) in [7, 11) is 1.63. The van der Waals surface area contributed by atoms with Crippen molar-refractivity contribution in [1.29, 1.82) is 0 Å². The average Bonchev–Trinajstić information content (AvgIpc) is 2.75. The van der Waals surface area contributed by atoms with Crippen LogP contribution in [-0.2, 0) is 11.8 Å². The predicted molar refractivity (Wildman–Crippen MR) is 111 cm³/mol. The van der Waals surface area contributed by atoms with Gasteiger partial charge in [0.1, 0.15) is 6.10 Å². The number of aromatic nitrogens is 4. The lowest BCUT2D eigenvalue weighted by Crippen LogP contribution is -2.42. The number of nitrogens with two attached hydrogens (primary N) is 1. The molecule has 0 bridgehead atoms. The van der Waals surface area contributed by atoms with Crippen LogP contribution in [0.1, 0.15) is 27.8 Å². The van der Waals surface area contributed by atoms with Crippen LogP contribution in [0, 0.1) is 6.92 Å². The van der Waals surface area contributed by atoms with Crippen LogP contribution in [0.3, 0.4) is 0 Å². The predicted octanol–water partition coefficient (Wildman–Crippen LogP) is 1.34. The number of ether oxygens (including phenoxy) is 1. The van der Waals surface area contributed by atoms with Crippen LogP contribution in [0.15, 0.2) is 47.7 Å². The third-order valence-corrected chi connectivity index (χ3v) is 4.99. The Labute approximate surface area is 173 Å². The van der Waals surface area contributed by atoms with Gasteiger partial charge in [-0.2, -0.15) is 0 Å². The van der Waals surface area contributed by atoms with Gasteiger partial charge in [0.2, 0.25) is 11.5 Å². The topological polar surface area (TPSA) is 116 Å². The van der Waals surface area contributed by atoms with Crippen LogP contribution in [0.5, 0.6) is 0 Å². The fourth-order valence-electron chi connectivity index (χ4n) is 3.43. The van der Waals surface area contributed by atoms with Crippen molar-refractivity contribution in [3.63, 3.8) is 0 Å². The molecule has 0 aromatic carbocycles. The number of carbonyl (C=O) groups excluding carboxylic acids is 1. The Kier molecular flexibility index (Phi) is 5.28. The molecule has 154 valence electrons. The van der Waals surface area contributed by atoms with E-state index in [1.165, 1.54) is 10.6 Å². The normalized spacial score (nSPS) is 16.5. The molecule has 4 heterocycles. The molecule has 1 amide bonds. The highest BCUT2D eigenvalue weighted by atomic mass is 16.5. The van der Waals surface area contributed by atoms with Gasteiger partial charge in [-0.25, -0.2) is 9.97 Å². The molecule has 0 aliphatic carbocycles. The van der Waals surface area contributed by atoms with E-state index in [0.717, 1.165) is 22.5 Å². The first kappa shape index (κ1) is 19.7. The van der Waals surface area contributed by atoms with Crippen LogP contribution in [0.25, 0.3) is 11.1 Å². The Morgan fingerprint density at radius 1 is 1.20 bits per heavy atom. The van der Waals surface area contributed by atoms with Crippen LogP contribution in [-0.4, -0.2) is 50.0 Å². The molecule has 3 aromatic rings. The summed E-state index contributed by atoms with van der Waals surface area (Å²) in [4.78, 5) is 39.0. The minimum absolute atomic E-state index is 0.140. The Balaban J connectivity index is 1.58. The summed E-state index contributed by atoms with van der Waals surface area (Å²) >= 11 is 0. The highest BCUT2D eigenvalue weighted by Crippen LogP contribution is 2.27. The maximum Gasteiger partial charge on any atom is 0.255 e. The molecule has 1 aliphatic rings. The second-order valence-electron chi connectivity index (χ2n) is 7.23. The van der Waals surface area contributed by atoms with E-state index in [0.29, 0.717) is 25.3 Å². The summed E-state index contributed by atoms with van der Waals surface area (Å²) < 4.78 is 7.32. The number of hydrogen-bond acceptors (Lipinski definition) is 7. The molecule has 0 radical (unpaired) electrons. The van der Waals surface area contributed by atoms with Crippen LogP contribution in [0.4, 0.5) is 5.95 Å². The SMILES string of the molecule is Cc1cc(-c2cnc(N)nc2)cc(C2CN(C(=O)c3ccc(=O)n(C)c3)CCO2)n1. The Morgan fingerprint density at radius 3 is 2.70 bits per heavy atom. The van der Waals surface area contributed by atoms with Gasteiger partial charge in [-0.15, -0.1) is 0 Å². The largest absolute Gasteiger partial charge is 0.368 e. The van der Waals surface area contributed by atoms with E-state index in [2.05, 4.69) is 15.0 Å². The molecule has 1 unspecified atom stereocenters. The smallest absolute Gasteiger partial charge is 0.255 e. The van der Waals surface area contributed by atoms with Gasteiger partial charge in [0, 0.05) is 49.5 Å². The van der Waals surface area contributed by atoms with Crippen molar-refractivity contribution in [2.75, 3.05) is 25.4 Å². The van der Waals surface area contributed by atoms with E-state index in [-0.39, 0.29) is 23.5 Å². The molecule has 1 saturated heterocycles. The highest BCUT2D eigenvalue weighted by molar-refractivity contribution is 5.94. The maximum absolute atomic E-state index is 12.9. The second kappa shape index (κ2) is 8.03. The molecule has 0 saturated carbocycles. The van der Waals surface area contributed by atoms with Crippen molar-refractivity contribution < 1.29 is 9.53 Å². The molecule has 30 heavy (non-hydrogen) atoms. The summed E-state index contributed by atoms with van der Waals surface area (Å²) in [6.45, 7) is 3.15. The zero-order chi connectivity index (χ0) is 21.3. The van der Waals surface area contributed by atoms with Crippen molar-refractivity contribution in [1.82, 2.24) is 24.4 Å². The molecule has 1 aliphatic heterocycles. The third-order valence-electron chi connectivity index (χ3n) is 4.99. The third kappa shape index (κ3) is 4.06. The molecule has 9 heteroatoms. The van der Waals surface area contributed by atoms with E-state index in [9.17, 15) is 9.59 Å². The Hall–Kier alpha value is -3.59. The molecular formula is C21H22N6O3. The highest BCUT2D eigenvalue weighted by Gasteiger charge is 2.27. The first-order valence-electron chi connectivity index (χ1n) is 9.55. The van der Waals surface area contributed by atoms with Gasteiger partial charge in [0.25, 0.3) is 5.91 Å². The summed E-state index contributed by atoms with van der Waals surface area (Å²) in [5, 5.41) is 0. The number of nitrogen functional groups attached to an aromatic ring is 1. The molecule has 3 aromatic heterocycles. The van der Waals surface area contributed by atoms with Gasteiger partial charge in [0.15, 0.2) is 0 Å². The first-order chi connectivity index (χ1) is 14.4. The van der Waals surface area contributed by atoms with E-state index in [1.807, 2.05) is 19.1 Å². The quantitative estimate of drug-likeness (QED) is 0.698. The molecule has 4 rings (SSSR count). The fraction of sp³-hybridized carbons (Fsp3) is 0.286. The Bertz CT molecular complexity index is 1140. The van der Waals surface area contributed by atoms with Crippen molar-refractivity contribution in [3.05, 3.63) is 70.2 Å². The van der Waals surface area contributed by atoms with E-state index in [1.54, 1.807) is 36.6 Å². The molecule has 0 spiro atoms. The second-order valence-corrected chi connectivity index (χ2v) is 7.23. The minimum Gasteiger partial charge on any atom is -0.368 e. The zero-order valence-corrected chi connectivity index (χ0v) is 16.8. The standard InChI is InChI=1S/C21H22N6O3/c1-13-7-15(16-9-23-21(22)24-10-16)8-17(25-13)18-12-27(5-6-30-18)20(29)14-3-4-19(28)26(2)11-14/h3-4,7-11,18H,5-6,12H2,1-2H3,(H2,22,23,24). The van der Waals surface area contributed by atoms with Crippen molar-refractivity contribution in [2.45, 2.75) is 13.0 Å². The Morgan fingerprint density at radius 2 is 1.97 bits per heavy atom. The number of pyridine rings is 2. The molecule has 1 fully saturated rings. The lowest BCUT2D eigenvalue weighted by Gasteiger charge is -2.33. The summed E-state index contributed by atoms with van der Waals surface area (Å²) in [5.41, 5.74) is 9.18. The molecule has 9 nitrogen and oxygen atoms in total. The molecule has 1 atom stereocenters. The summed E-state index contributed by atoms with van der Waals surface area (Å²) in [5.74, 6) is 0.0756. The number of amides is 1. The van der Waals surface area contributed by atoms with Gasteiger partial charge in [-0.1, -0.05) is 0 Å². The monoisotopic (exact) mass is 406 g/mol. The first-order valence-corrected chi connectivity index (χ1v) is 9.55. The number of rotatable bonds is 3. The van der Waals surface area contributed by atoms with E-state index >= 15 is 0 Å². The number of aryl methyl sites for hydroxylation is 2. The lowest BCUT2D eigenvalue weighted by molar-refractivity contribution is -0.0247. The number of morpholine rings is 1.